The van der Waals surface area contributed by atoms with Crippen molar-refractivity contribution in [2.45, 2.75) is 69.4 Å². The van der Waals surface area contributed by atoms with Crippen molar-refractivity contribution in [3.05, 3.63) is 390 Å². The lowest BCUT2D eigenvalue weighted by Crippen LogP contribution is -2.15. The number of nitrogens with zero attached hydrogens (tertiary/aromatic N) is 6. The van der Waals surface area contributed by atoms with E-state index >= 15 is 0 Å². The van der Waals surface area contributed by atoms with Gasteiger partial charge in [-0.05, 0) is 200 Å². The maximum Gasteiger partial charge on any atom is 0.263 e. The normalized spacial score (nSPS) is 11.6. The van der Waals surface area contributed by atoms with Crippen molar-refractivity contribution in [2.24, 2.45) is 0 Å². The largest absolute Gasteiger partial charge is 0.497 e. The monoisotopic (exact) mass is 1960 g/mol. The number of benzene rings is 12. The number of nitrogens with one attached hydrogen (secondary N) is 6. The molecule has 0 aliphatic heterocycles. The molecule has 678 valence electrons. The Morgan fingerprint density at radius 3 is 0.835 bits per heavy atom. The molecule has 6 N–H and O–H groups in total. The predicted octanol–water partition coefficient (Wildman–Crippen LogP) is 22.4. The number of ether oxygens (including phenoxy) is 1. The van der Waals surface area contributed by atoms with Crippen LogP contribution in [0.5, 0.6) is 5.75 Å². The highest BCUT2D eigenvalue weighted by atomic mass is 35.5. The molecule has 36 heteroatoms. The molecule has 0 fully saturated rings. The molecule has 18 rings (SSSR count). The van der Waals surface area contributed by atoms with Crippen LogP contribution in [0.25, 0.3) is 65.4 Å². The fourth-order valence-electron chi connectivity index (χ4n) is 13.0. The Hall–Kier alpha value is -13.9. The van der Waals surface area contributed by atoms with E-state index in [1.165, 1.54) is 55.6 Å². The predicted molar refractivity (Wildman–Crippen MR) is 524 cm³/mol. The summed E-state index contributed by atoms with van der Waals surface area (Å²) in [5, 5.41) is 5.39. The summed E-state index contributed by atoms with van der Waals surface area (Å²) in [5.41, 5.74) is 8.52. The van der Waals surface area contributed by atoms with Crippen molar-refractivity contribution in [3.63, 3.8) is 0 Å². The summed E-state index contributed by atoms with van der Waals surface area (Å²) in [6.07, 6.45) is 9.70. The summed E-state index contributed by atoms with van der Waals surface area (Å²) in [7, 11) is -21.0. The lowest BCUT2D eigenvalue weighted by Gasteiger charge is -2.19. The fourth-order valence-corrected chi connectivity index (χ4v) is 20.4. The van der Waals surface area contributed by atoms with Crippen LogP contribution in [0.4, 0.5) is 42.9 Å². The maximum absolute atomic E-state index is 13.6. The molecule has 6 heterocycles. The van der Waals surface area contributed by atoms with Gasteiger partial charge in [0.05, 0.1) is 114 Å². The molecule has 18 aromatic rings. The Bertz CT molecular complexity index is 7900. The first kappa shape index (κ1) is 96.7. The van der Waals surface area contributed by atoms with Crippen LogP contribution in [0.15, 0.2) is 376 Å². The van der Waals surface area contributed by atoms with Gasteiger partial charge in [0.15, 0.2) is 0 Å². The third-order valence-electron chi connectivity index (χ3n) is 19.8. The standard InChI is InChI=1S/C19H20N2O2S.C16H13FN2O2S.C16H14N2O3S.C16H14N2O2S.C15H9Cl3N2O2S.C15H11FN2O2S/c1-19(2,3)15-9-11-16(12-10-15)24(22,23)21-17-8-4-6-14-7-5-13-20-18(14)17;1-11-7-8-13(10-14(11)17)22(20,21)19-15-6-2-4-12-5-3-9-18-16(12)15;1-21-13-7-9-14(10-8-13)22(19,20)18-15-6-2-4-12-5-3-11-17-16(12)15;1-12-7-9-14(10-8-12)21(19,20)18-15-6-2-4-13-5-3-11-17-16(13)15;16-10-7-12(18)14(8-11(10)17)23(21,22)20-13-5-1-3-9-4-2-6-19-15(9)13;16-12-6-8-13(9-7-12)21(19,20)18-14-5-1-3-11-4-2-10-17-15(11)14/h4-13,21H,1-3H3;2-10,19H,1H3;2-11,18H,1H3;2-11,18H,1H3;1-8,20H;1-10,18H. The number of sulfonamides is 6. The number of para-hydroxylation sites is 6. The molecule has 0 bridgehead atoms. The quantitative estimate of drug-likeness (QED) is 0.0410. The van der Waals surface area contributed by atoms with E-state index in [-0.39, 0.29) is 49.9 Å². The van der Waals surface area contributed by atoms with Gasteiger partial charge < -0.3 is 4.74 Å². The van der Waals surface area contributed by atoms with E-state index in [2.05, 4.69) is 79.0 Å². The highest BCUT2D eigenvalue weighted by Gasteiger charge is 2.26. The number of anilines is 6. The first-order chi connectivity index (χ1) is 63.3. The summed E-state index contributed by atoms with van der Waals surface area (Å²) < 4.78 is 196. The van der Waals surface area contributed by atoms with E-state index < -0.39 is 71.8 Å². The minimum absolute atomic E-state index is 0.00293. The topological polar surface area (TPSA) is 364 Å². The summed E-state index contributed by atoms with van der Waals surface area (Å²) >= 11 is 17.7. The second-order valence-corrected chi connectivity index (χ2v) is 41.5. The van der Waals surface area contributed by atoms with E-state index in [4.69, 9.17) is 39.5 Å². The first-order valence-corrected chi connectivity index (χ1v) is 50.1. The van der Waals surface area contributed by atoms with Crippen LogP contribution >= 0.6 is 34.8 Å². The van der Waals surface area contributed by atoms with Crippen molar-refractivity contribution in [2.75, 3.05) is 35.4 Å². The molecule has 0 atom stereocenters. The molecule has 0 aliphatic rings. The van der Waals surface area contributed by atoms with Crippen molar-refractivity contribution >= 4 is 194 Å². The number of hydrogen-bond donors (Lipinski definition) is 6. The third-order valence-corrected chi connectivity index (χ3v) is 29.3. The number of halogens is 5. The Kier molecular flexibility index (Phi) is 30.3. The van der Waals surface area contributed by atoms with E-state index in [0.717, 1.165) is 61.6 Å². The summed E-state index contributed by atoms with van der Waals surface area (Å²) in [4.78, 5) is 25.7. The number of pyridine rings is 6. The molecule has 6 aromatic heterocycles. The maximum atomic E-state index is 13.6. The van der Waals surface area contributed by atoms with Crippen LogP contribution < -0.4 is 33.1 Å². The highest BCUT2D eigenvalue weighted by Crippen LogP contribution is 2.36. The Balaban J connectivity index is 0.000000136. The van der Waals surface area contributed by atoms with E-state index in [9.17, 15) is 59.3 Å². The van der Waals surface area contributed by atoms with E-state index in [1.807, 2.05) is 116 Å². The summed E-state index contributed by atoms with van der Waals surface area (Å²) in [6, 6.07) is 84.7. The average Bonchev–Trinajstić information content (AvgIpc) is 0.798. The fraction of sp³-hybridized carbons (Fsp3) is 0.0722. The first-order valence-electron chi connectivity index (χ1n) is 40.0. The molecule has 25 nitrogen and oxygen atoms in total. The number of rotatable bonds is 19. The molecule has 0 saturated carbocycles. The van der Waals surface area contributed by atoms with Crippen LogP contribution in [0.3, 0.4) is 0 Å². The van der Waals surface area contributed by atoms with Gasteiger partial charge in [-0.3, -0.25) is 58.2 Å². The molecule has 0 amide bonds. The molecule has 12 aromatic carbocycles. The molecule has 0 radical (unpaired) electrons. The lowest BCUT2D eigenvalue weighted by atomic mass is 9.87. The molecular formula is C97H81Cl3F2N12O13S6. The molecular weight excluding hydrogens is 1880 g/mol. The van der Waals surface area contributed by atoms with Crippen molar-refractivity contribution in [1.29, 1.82) is 0 Å². The minimum atomic E-state index is -3.94. The van der Waals surface area contributed by atoms with Gasteiger partial charge in [-0.1, -0.05) is 201 Å². The van der Waals surface area contributed by atoms with Gasteiger partial charge in [-0.2, -0.15) is 0 Å². The zero-order valence-electron chi connectivity index (χ0n) is 71.2. The molecule has 0 unspecified atom stereocenters. The van der Waals surface area contributed by atoms with Gasteiger partial charge >= 0.3 is 0 Å². The third kappa shape index (κ3) is 24.5. The summed E-state index contributed by atoms with van der Waals surface area (Å²) in [6.45, 7) is 9.77. The SMILES string of the molecule is CC(C)(C)c1ccc(S(=O)(=O)Nc2cccc3cccnc23)cc1.COc1ccc(S(=O)(=O)Nc2cccc3cccnc23)cc1.Cc1ccc(S(=O)(=O)Nc2cccc3cccnc23)cc1.Cc1ccc(S(=O)(=O)Nc2cccc3cccnc23)cc1F.O=S(=O)(Nc1cccc2cccnc12)c1cc(Cl)c(Cl)cc1Cl.O=S(=O)(Nc1cccc2cccnc12)c1ccc(F)cc1. The van der Waals surface area contributed by atoms with E-state index in [0.29, 0.717) is 78.5 Å². The van der Waals surface area contributed by atoms with Gasteiger partial charge in [0, 0.05) is 69.5 Å². The lowest BCUT2D eigenvalue weighted by molar-refractivity contribution is 0.414. The zero-order chi connectivity index (χ0) is 95.1. The minimum Gasteiger partial charge on any atom is -0.497 e. The average molecular weight is 1960 g/mol. The van der Waals surface area contributed by atoms with Crippen LogP contribution in [-0.4, -0.2) is 87.5 Å². The summed E-state index contributed by atoms with van der Waals surface area (Å²) in [5.74, 6) is -0.439. The van der Waals surface area contributed by atoms with Gasteiger partial charge in [0.1, 0.15) is 22.3 Å². The van der Waals surface area contributed by atoms with Gasteiger partial charge in [0.2, 0.25) is 0 Å². The molecule has 0 aliphatic carbocycles. The Morgan fingerprint density at radius 2 is 0.541 bits per heavy atom. The Labute approximate surface area is 782 Å². The van der Waals surface area contributed by atoms with Crippen molar-refractivity contribution < 1.29 is 64.0 Å². The number of aromatic nitrogens is 6. The van der Waals surface area contributed by atoms with Gasteiger partial charge in [-0.25, -0.2) is 59.3 Å². The number of hydrogen-bond acceptors (Lipinski definition) is 19. The second-order valence-electron chi connectivity index (χ2n) is 30.2. The Morgan fingerprint density at radius 1 is 0.286 bits per heavy atom. The van der Waals surface area contributed by atoms with Crippen molar-refractivity contribution in [3.8, 4) is 5.75 Å². The van der Waals surface area contributed by atoms with Crippen LogP contribution in [0.2, 0.25) is 15.1 Å². The van der Waals surface area contributed by atoms with Crippen molar-refractivity contribution in [1.82, 2.24) is 29.9 Å². The van der Waals surface area contributed by atoms with Gasteiger partial charge in [0.25, 0.3) is 60.1 Å². The van der Waals surface area contributed by atoms with E-state index in [1.54, 1.807) is 178 Å². The second kappa shape index (κ2) is 41.7. The number of aryl methyl sites for hydroxylation is 2. The molecule has 0 saturated heterocycles. The number of methoxy groups -OCH3 is 1. The van der Waals surface area contributed by atoms with Crippen LogP contribution in [-0.2, 0) is 65.6 Å². The van der Waals surface area contributed by atoms with Crippen LogP contribution in [0.1, 0.15) is 37.5 Å². The van der Waals surface area contributed by atoms with Gasteiger partial charge in [-0.15, -0.1) is 0 Å². The van der Waals surface area contributed by atoms with Crippen LogP contribution in [0, 0.1) is 25.5 Å². The highest BCUT2D eigenvalue weighted by molar-refractivity contribution is 7.94. The zero-order valence-corrected chi connectivity index (χ0v) is 78.4. The number of fused-ring (bicyclic) bond motifs is 6. The molecule has 133 heavy (non-hydrogen) atoms. The molecule has 0 spiro atoms. The smallest absolute Gasteiger partial charge is 0.263 e.